The Balaban J connectivity index is 1.92. The molecule has 3 rings (SSSR count). The van der Waals surface area contributed by atoms with E-state index in [9.17, 15) is 0 Å². The molecular weight excluding hydrogens is 276 g/mol. The molecule has 0 saturated heterocycles. The van der Waals surface area contributed by atoms with Crippen molar-refractivity contribution >= 4 is 33.8 Å². The Kier molecular flexibility index (Phi) is 3.76. The number of nitrogens with zero attached hydrogens (tertiary/aromatic N) is 2. The van der Waals surface area contributed by atoms with Crippen molar-refractivity contribution < 1.29 is 0 Å². The summed E-state index contributed by atoms with van der Waals surface area (Å²) in [6.07, 6.45) is 3.75. The first kappa shape index (κ1) is 12.6. The Labute approximate surface area is 121 Å². The van der Waals surface area contributed by atoms with Crippen molar-refractivity contribution in [2.24, 2.45) is 0 Å². The summed E-state index contributed by atoms with van der Waals surface area (Å²) in [6, 6.07) is 10.3. The molecule has 0 aliphatic carbocycles. The van der Waals surface area contributed by atoms with Gasteiger partial charge in [-0.1, -0.05) is 6.07 Å². The Morgan fingerprint density at radius 2 is 2.16 bits per heavy atom. The van der Waals surface area contributed by atoms with Gasteiger partial charge in [-0.25, -0.2) is 4.98 Å². The minimum absolute atomic E-state index is 0.689. The predicted molar refractivity (Wildman–Crippen MR) is 81.9 cm³/mol. The van der Waals surface area contributed by atoms with E-state index >= 15 is 0 Å². The maximum absolute atomic E-state index is 5.71. The maximum Gasteiger partial charge on any atom is 0.123 e. The average molecular weight is 289 g/mol. The molecule has 2 heterocycles. The first-order chi connectivity index (χ1) is 9.36. The van der Waals surface area contributed by atoms with E-state index in [0.29, 0.717) is 5.88 Å². The Hall–Kier alpha value is -1.45. The number of halogens is 1. The van der Waals surface area contributed by atoms with E-state index in [0.717, 1.165) is 40.0 Å². The van der Waals surface area contributed by atoms with Crippen LogP contribution in [0.5, 0.6) is 0 Å². The highest BCUT2D eigenvalue weighted by Gasteiger charge is 2.05. The topological polar surface area (TPSA) is 25.8 Å². The fourth-order valence-corrected chi connectivity index (χ4v) is 3.00. The van der Waals surface area contributed by atoms with Gasteiger partial charge < -0.3 is 0 Å². The quantitative estimate of drug-likeness (QED) is 0.659. The molecule has 96 valence electrons. The van der Waals surface area contributed by atoms with Crippen LogP contribution in [0.2, 0.25) is 0 Å². The molecule has 0 bridgehead atoms. The fraction of sp³-hybridized carbons (Fsp3) is 0.200. The van der Waals surface area contributed by atoms with Gasteiger partial charge in [-0.05, 0) is 37.1 Å². The summed E-state index contributed by atoms with van der Waals surface area (Å²) in [5.41, 5.74) is 3.31. The van der Waals surface area contributed by atoms with Crippen LogP contribution in [0.4, 0.5) is 0 Å². The molecular formula is C15H13ClN2S. The molecule has 0 radical (unpaired) electrons. The monoisotopic (exact) mass is 288 g/mol. The van der Waals surface area contributed by atoms with Crippen LogP contribution in [0.3, 0.4) is 0 Å². The zero-order valence-corrected chi connectivity index (χ0v) is 11.9. The molecule has 0 atom stereocenters. The zero-order valence-electron chi connectivity index (χ0n) is 10.3. The molecule has 0 amide bonds. The summed E-state index contributed by atoms with van der Waals surface area (Å²) >= 11 is 7.40. The van der Waals surface area contributed by atoms with E-state index in [1.807, 2.05) is 18.3 Å². The van der Waals surface area contributed by atoms with Gasteiger partial charge >= 0.3 is 0 Å². The summed E-state index contributed by atoms with van der Waals surface area (Å²) < 4.78 is 0. The van der Waals surface area contributed by atoms with E-state index in [1.54, 1.807) is 11.3 Å². The first-order valence-electron chi connectivity index (χ1n) is 6.22. The fourth-order valence-electron chi connectivity index (χ4n) is 2.01. The van der Waals surface area contributed by atoms with Crippen LogP contribution in [-0.2, 0) is 6.42 Å². The molecule has 0 saturated carbocycles. The second-order valence-corrected chi connectivity index (χ2v) is 5.58. The van der Waals surface area contributed by atoms with Crippen molar-refractivity contribution in [2.75, 3.05) is 5.88 Å². The standard InChI is InChI=1S/C15H13ClN2S/c16-7-1-4-13-10-19-15(18-13)12-5-6-14-11(9-12)3-2-8-17-14/h2-3,5-6,8-10H,1,4,7H2. The highest BCUT2D eigenvalue weighted by atomic mass is 35.5. The van der Waals surface area contributed by atoms with Gasteiger partial charge in [-0.3, -0.25) is 4.98 Å². The zero-order chi connectivity index (χ0) is 13.1. The average Bonchev–Trinajstić information content (AvgIpc) is 2.93. The van der Waals surface area contributed by atoms with Crippen LogP contribution in [0.1, 0.15) is 12.1 Å². The smallest absolute Gasteiger partial charge is 0.123 e. The number of benzene rings is 1. The van der Waals surface area contributed by atoms with Crippen LogP contribution in [-0.4, -0.2) is 15.8 Å². The number of aryl methyl sites for hydroxylation is 1. The number of rotatable bonds is 4. The minimum atomic E-state index is 0.689. The van der Waals surface area contributed by atoms with Gasteiger partial charge in [0, 0.05) is 28.4 Å². The number of aromatic nitrogens is 2. The SMILES string of the molecule is ClCCCc1csc(-c2ccc3ncccc3c2)n1. The molecule has 2 nitrogen and oxygen atoms in total. The van der Waals surface area contributed by atoms with Gasteiger partial charge in [-0.15, -0.1) is 22.9 Å². The maximum atomic E-state index is 5.71. The molecule has 3 aromatic rings. The van der Waals surface area contributed by atoms with E-state index in [1.165, 1.54) is 0 Å². The lowest BCUT2D eigenvalue weighted by atomic mass is 10.1. The van der Waals surface area contributed by atoms with Crippen molar-refractivity contribution in [3.8, 4) is 10.6 Å². The molecule has 0 aliphatic heterocycles. The van der Waals surface area contributed by atoms with E-state index < -0.39 is 0 Å². The van der Waals surface area contributed by atoms with Gasteiger partial charge in [-0.2, -0.15) is 0 Å². The molecule has 2 aromatic heterocycles. The summed E-state index contributed by atoms with van der Waals surface area (Å²) in [5.74, 6) is 0.689. The predicted octanol–water partition coefficient (Wildman–Crippen LogP) is 4.53. The summed E-state index contributed by atoms with van der Waals surface area (Å²) in [6.45, 7) is 0. The van der Waals surface area contributed by atoms with E-state index in [-0.39, 0.29) is 0 Å². The Morgan fingerprint density at radius 3 is 3.05 bits per heavy atom. The molecule has 0 N–H and O–H groups in total. The number of alkyl halides is 1. The van der Waals surface area contributed by atoms with Gasteiger partial charge in [0.25, 0.3) is 0 Å². The molecule has 0 aliphatic rings. The molecule has 0 unspecified atom stereocenters. The van der Waals surface area contributed by atoms with Gasteiger partial charge in [0.1, 0.15) is 5.01 Å². The van der Waals surface area contributed by atoms with Crippen molar-refractivity contribution in [3.05, 3.63) is 47.6 Å². The van der Waals surface area contributed by atoms with Crippen molar-refractivity contribution in [1.82, 2.24) is 9.97 Å². The molecule has 1 aromatic carbocycles. The number of pyridine rings is 1. The van der Waals surface area contributed by atoms with Crippen molar-refractivity contribution in [3.63, 3.8) is 0 Å². The lowest BCUT2D eigenvalue weighted by molar-refractivity contribution is 0.900. The summed E-state index contributed by atoms with van der Waals surface area (Å²) in [4.78, 5) is 8.99. The largest absolute Gasteiger partial charge is 0.256 e. The lowest BCUT2D eigenvalue weighted by Gasteiger charge is -1.99. The van der Waals surface area contributed by atoms with Crippen molar-refractivity contribution in [1.29, 1.82) is 0 Å². The van der Waals surface area contributed by atoms with Crippen LogP contribution in [0.15, 0.2) is 41.9 Å². The van der Waals surface area contributed by atoms with Crippen LogP contribution in [0, 0.1) is 0 Å². The molecule has 19 heavy (non-hydrogen) atoms. The number of fused-ring (bicyclic) bond motifs is 1. The first-order valence-corrected chi connectivity index (χ1v) is 7.64. The molecule has 0 spiro atoms. The second kappa shape index (κ2) is 5.68. The lowest BCUT2D eigenvalue weighted by Crippen LogP contribution is -1.86. The second-order valence-electron chi connectivity index (χ2n) is 4.35. The molecule has 0 fully saturated rings. The van der Waals surface area contributed by atoms with Crippen LogP contribution in [0.25, 0.3) is 21.5 Å². The number of hydrogen-bond donors (Lipinski definition) is 0. The number of hydrogen-bond acceptors (Lipinski definition) is 3. The number of thiazole rings is 1. The Morgan fingerprint density at radius 1 is 1.21 bits per heavy atom. The third kappa shape index (κ3) is 2.77. The van der Waals surface area contributed by atoms with Crippen LogP contribution >= 0.6 is 22.9 Å². The van der Waals surface area contributed by atoms with Gasteiger partial charge in [0.05, 0.1) is 11.2 Å². The summed E-state index contributed by atoms with van der Waals surface area (Å²) in [5, 5.41) is 4.34. The highest BCUT2D eigenvalue weighted by Crippen LogP contribution is 2.26. The van der Waals surface area contributed by atoms with E-state index in [2.05, 4.69) is 33.5 Å². The third-order valence-electron chi connectivity index (χ3n) is 2.97. The Bertz CT molecular complexity index is 693. The molecule has 4 heteroatoms. The van der Waals surface area contributed by atoms with E-state index in [4.69, 9.17) is 11.6 Å². The normalized spacial score (nSPS) is 11.0. The summed E-state index contributed by atoms with van der Waals surface area (Å²) in [7, 11) is 0. The van der Waals surface area contributed by atoms with Crippen molar-refractivity contribution in [2.45, 2.75) is 12.8 Å². The highest BCUT2D eigenvalue weighted by molar-refractivity contribution is 7.13. The van der Waals surface area contributed by atoms with Gasteiger partial charge in [0.15, 0.2) is 0 Å². The van der Waals surface area contributed by atoms with Crippen LogP contribution < -0.4 is 0 Å². The third-order valence-corrected chi connectivity index (χ3v) is 4.18. The van der Waals surface area contributed by atoms with Gasteiger partial charge in [0.2, 0.25) is 0 Å². The minimum Gasteiger partial charge on any atom is -0.256 e.